The van der Waals surface area contributed by atoms with Crippen molar-refractivity contribution >= 4 is 17.3 Å². The van der Waals surface area contributed by atoms with Crippen molar-refractivity contribution in [2.45, 2.75) is 18.9 Å². The Labute approximate surface area is 190 Å². The molecule has 0 saturated carbocycles. The van der Waals surface area contributed by atoms with E-state index in [1.807, 2.05) is 24.3 Å². The largest absolute Gasteiger partial charge is 0.494 e. The van der Waals surface area contributed by atoms with Gasteiger partial charge in [-0.15, -0.1) is 0 Å². The van der Waals surface area contributed by atoms with Crippen LogP contribution >= 0.6 is 0 Å². The van der Waals surface area contributed by atoms with E-state index in [4.69, 9.17) is 4.74 Å². The average molecular weight is 453 g/mol. The van der Waals surface area contributed by atoms with Gasteiger partial charge in [0.25, 0.3) is 5.91 Å². The summed E-state index contributed by atoms with van der Waals surface area (Å²) in [5, 5.41) is 12.0. The van der Waals surface area contributed by atoms with E-state index < -0.39 is 18.6 Å². The summed E-state index contributed by atoms with van der Waals surface area (Å²) >= 11 is 0. The number of alkyl halides is 1. The van der Waals surface area contributed by atoms with Crippen molar-refractivity contribution in [3.8, 4) is 5.75 Å². The van der Waals surface area contributed by atoms with E-state index in [1.54, 1.807) is 24.4 Å². The van der Waals surface area contributed by atoms with E-state index in [2.05, 4.69) is 15.2 Å². The van der Waals surface area contributed by atoms with Gasteiger partial charge in [0.2, 0.25) is 0 Å². The number of aromatic nitrogens is 1. The van der Waals surface area contributed by atoms with Gasteiger partial charge in [-0.2, -0.15) is 0 Å². The van der Waals surface area contributed by atoms with Crippen LogP contribution in [0.4, 0.5) is 20.2 Å². The Morgan fingerprint density at radius 3 is 2.88 bits per heavy atom. The highest BCUT2D eigenvalue weighted by molar-refractivity contribution is 5.98. The fourth-order valence-corrected chi connectivity index (χ4v) is 4.03. The summed E-state index contributed by atoms with van der Waals surface area (Å²) in [6, 6.07) is 14.2. The normalized spacial score (nSPS) is 13.5. The lowest BCUT2D eigenvalue weighted by Gasteiger charge is -2.20. The van der Waals surface area contributed by atoms with Crippen molar-refractivity contribution in [1.82, 2.24) is 10.3 Å². The standard InChI is InChI=1S/C25H25F2N3O3/c1-33-24-6-5-16(12-22(24)27)11-17-13-18(7-9-28-17)30-10-8-20-21(3-2-4-23(20)30)25(32)29-15-19(31)14-26/h2-7,9,12-13,19,31H,8,10-11,14-15H2,1H3,(H,29,32)/t19-/m0/s1. The van der Waals surface area contributed by atoms with Gasteiger partial charge in [-0.3, -0.25) is 9.78 Å². The molecule has 33 heavy (non-hydrogen) atoms. The highest BCUT2D eigenvalue weighted by Gasteiger charge is 2.25. The Kier molecular flexibility index (Phi) is 6.84. The molecule has 2 heterocycles. The predicted octanol–water partition coefficient (Wildman–Crippen LogP) is 3.57. The zero-order valence-corrected chi connectivity index (χ0v) is 18.2. The molecule has 0 radical (unpaired) electrons. The molecule has 6 nitrogen and oxygen atoms in total. The third-order valence-electron chi connectivity index (χ3n) is 5.66. The number of carbonyl (C=O) groups is 1. The SMILES string of the molecule is COc1ccc(Cc2cc(N3CCc4c(C(=O)NC[C@@H](O)CF)cccc43)ccn2)cc1F. The lowest BCUT2D eigenvalue weighted by molar-refractivity contribution is 0.0894. The fourth-order valence-electron chi connectivity index (χ4n) is 4.03. The van der Waals surface area contributed by atoms with Gasteiger partial charge in [0, 0.05) is 48.3 Å². The minimum Gasteiger partial charge on any atom is -0.494 e. The van der Waals surface area contributed by atoms with Crippen LogP contribution in [0.15, 0.2) is 54.7 Å². The Bertz CT molecular complexity index is 1160. The number of hydrogen-bond acceptors (Lipinski definition) is 5. The number of aliphatic hydroxyl groups is 1. The Morgan fingerprint density at radius 1 is 1.27 bits per heavy atom. The van der Waals surface area contributed by atoms with E-state index in [-0.39, 0.29) is 18.2 Å². The quantitative estimate of drug-likeness (QED) is 0.546. The number of ether oxygens (including phenoxy) is 1. The van der Waals surface area contributed by atoms with Gasteiger partial charge in [-0.1, -0.05) is 12.1 Å². The van der Waals surface area contributed by atoms with Gasteiger partial charge in [0.15, 0.2) is 11.6 Å². The minimum absolute atomic E-state index is 0.137. The van der Waals surface area contributed by atoms with E-state index in [1.165, 1.54) is 13.2 Å². The number of anilines is 2. The first-order chi connectivity index (χ1) is 16.0. The van der Waals surface area contributed by atoms with E-state index in [9.17, 15) is 18.7 Å². The van der Waals surface area contributed by atoms with Crippen LogP contribution in [0.3, 0.4) is 0 Å². The first-order valence-electron chi connectivity index (χ1n) is 10.7. The van der Waals surface area contributed by atoms with Crippen molar-refractivity contribution in [1.29, 1.82) is 0 Å². The summed E-state index contributed by atoms with van der Waals surface area (Å²) in [5.41, 5.74) is 4.85. The number of carbonyl (C=O) groups excluding carboxylic acids is 1. The second-order valence-corrected chi connectivity index (χ2v) is 7.87. The highest BCUT2D eigenvalue weighted by Crippen LogP contribution is 2.36. The van der Waals surface area contributed by atoms with Crippen LogP contribution in [0.1, 0.15) is 27.2 Å². The molecular weight excluding hydrogens is 428 g/mol. The van der Waals surface area contributed by atoms with Gasteiger partial charge in [-0.25, -0.2) is 8.78 Å². The minimum atomic E-state index is -1.21. The van der Waals surface area contributed by atoms with Gasteiger partial charge in [0.05, 0.1) is 13.2 Å². The first kappa shape index (κ1) is 22.7. The summed E-state index contributed by atoms with van der Waals surface area (Å²) in [5.74, 6) is -0.546. The second-order valence-electron chi connectivity index (χ2n) is 7.87. The van der Waals surface area contributed by atoms with Crippen molar-refractivity contribution in [2.24, 2.45) is 0 Å². The third kappa shape index (κ3) is 4.96. The Hall–Kier alpha value is -3.52. The molecule has 172 valence electrons. The van der Waals surface area contributed by atoms with Crippen LogP contribution in [0.2, 0.25) is 0 Å². The number of nitrogens with one attached hydrogen (secondary N) is 1. The molecule has 0 unspecified atom stereocenters. The van der Waals surface area contributed by atoms with Gasteiger partial charge >= 0.3 is 0 Å². The molecule has 2 N–H and O–H groups in total. The molecule has 0 saturated heterocycles. The van der Waals surface area contributed by atoms with Gasteiger partial charge < -0.3 is 20.1 Å². The molecule has 0 fully saturated rings. The van der Waals surface area contributed by atoms with Crippen LogP contribution in [0.25, 0.3) is 0 Å². The number of rotatable bonds is 8. The summed E-state index contributed by atoms with van der Waals surface area (Å²) in [7, 11) is 1.43. The number of pyridine rings is 1. The molecule has 8 heteroatoms. The molecule has 1 aliphatic heterocycles. The van der Waals surface area contributed by atoms with Crippen molar-refractivity contribution in [3.63, 3.8) is 0 Å². The molecule has 1 aromatic heterocycles. The molecular formula is C25H25F2N3O3. The Morgan fingerprint density at radius 2 is 2.12 bits per heavy atom. The van der Waals surface area contributed by atoms with Crippen LogP contribution in [-0.2, 0) is 12.8 Å². The monoisotopic (exact) mass is 453 g/mol. The summed E-state index contributed by atoms with van der Waals surface area (Å²) in [4.78, 5) is 19.1. The Balaban J connectivity index is 1.54. The number of benzene rings is 2. The predicted molar refractivity (Wildman–Crippen MR) is 121 cm³/mol. The molecule has 1 atom stereocenters. The van der Waals surface area contributed by atoms with E-state index >= 15 is 0 Å². The number of nitrogens with zero attached hydrogens (tertiary/aromatic N) is 2. The maximum Gasteiger partial charge on any atom is 0.251 e. The third-order valence-corrected chi connectivity index (χ3v) is 5.66. The lowest BCUT2D eigenvalue weighted by Crippen LogP contribution is -2.33. The van der Waals surface area contributed by atoms with E-state index in [0.29, 0.717) is 24.9 Å². The van der Waals surface area contributed by atoms with Crippen molar-refractivity contribution in [3.05, 3.63) is 82.9 Å². The molecule has 1 aliphatic rings. The topological polar surface area (TPSA) is 74.7 Å². The first-order valence-corrected chi connectivity index (χ1v) is 10.7. The number of fused-ring (bicyclic) bond motifs is 1. The van der Waals surface area contributed by atoms with Gasteiger partial charge in [0.1, 0.15) is 6.67 Å². The fraction of sp³-hybridized carbons (Fsp3) is 0.280. The maximum atomic E-state index is 14.0. The number of hydrogen-bond donors (Lipinski definition) is 2. The number of amides is 1. The highest BCUT2D eigenvalue weighted by atomic mass is 19.1. The average Bonchev–Trinajstić information content (AvgIpc) is 3.27. The van der Waals surface area contributed by atoms with Crippen molar-refractivity contribution in [2.75, 3.05) is 31.8 Å². The second kappa shape index (κ2) is 9.95. The molecule has 1 amide bonds. The molecule has 3 aromatic rings. The number of methoxy groups -OCH3 is 1. The molecule has 0 aliphatic carbocycles. The molecule has 4 rings (SSSR count). The van der Waals surface area contributed by atoms with Crippen LogP contribution in [0.5, 0.6) is 5.75 Å². The summed E-state index contributed by atoms with van der Waals surface area (Å²) in [6.07, 6.45) is 1.65. The smallest absolute Gasteiger partial charge is 0.251 e. The molecule has 0 spiro atoms. The lowest BCUT2D eigenvalue weighted by atomic mass is 10.0. The number of halogens is 2. The molecule has 2 aromatic carbocycles. The summed E-state index contributed by atoms with van der Waals surface area (Å²) in [6.45, 7) is -0.357. The molecule has 0 bridgehead atoms. The van der Waals surface area contributed by atoms with Crippen LogP contribution in [-0.4, -0.2) is 49.0 Å². The van der Waals surface area contributed by atoms with Crippen molar-refractivity contribution < 1.29 is 23.4 Å². The van der Waals surface area contributed by atoms with Crippen LogP contribution in [0, 0.1) is 5.82 Å². The van der Waals surface area contributed by atoms with Gasteiger partial charge in [-0.05, 0) is 53.9 Å². The number of aliphatic hydroxyl groups excluding tert-OH is 1. The van der Waals surface area contributed by atoms with E-state index in [0.717, 1.165) is 28.2 Å². The zero-order chi connectivity index (χ0) is 23.4. The maximum absolute atomic E-state index is 14.0. The summed E-state index contributed by atoms with van der Waals surface area (Å²) < 4.78 is 31.5. The van der Waals surface area contributed by atoms with Crippen LogP contribution < -0.4 is 15.0 Å². The zero-order valence-electron chi connectivity index (χ0n) is 18.2.